The second-order valence-electron chi connectivity index (χ2n) is 6.00. The summed E-state index contributed by atoms with van der Waals surface area (Å²) in [7, 11) is 0. The van der Waals surface area contributed by atoms with Gasteiger partial charge in [0.05, 0.1) is 5.69 Å². The molecule has 0 atom stereocenters. The van der Waals surface area contributed by atoms with Gasteiger partial charge in [0.2, 0.25) is 5.13 Å². The Morgan fingerprint density at radius 2 is 1.65 bits per heavy atom. The monoisotopic (exact) mass is 383 g/mol. The molecule has 7 heteroatoms. The lowest BCUT2D eigenvalue weighted by Crippen LogP contribution is -2.46. The van der Waals surface area contributed by atoms with E-state index in [0.717, 1.165) is 48.4 Å². The van der Waals surface area contributed by atoms with Crippen LogP contribution in [0.4, 0.5) is 16.6 Å². The van der Waals surface area contributed by atoms with Crippen LogP contribution in [0.2, 0.25) is 5.02 Å². The first-order valence-corrected chi connectivity index (χ1v) is 9.64. The molecule has 0 saturated carbocycles. The minimum absolute atomic E-state index is 0.670. The van der Waals surface area contributed by atoms with Gasteiger partial charge in [0.25, 0.3) is 0 Å². The summed E-state index contributed by atoms with van der Waals surface area (Å²) in [6.45, 7) is 7.28. The van der Waals surface area contributed by atoms with Crippen molar-refractivity contribution < 1.29 is 0 Å². The van der Waals surface area contributed by atoms with Crippen LogP contribution in [0, 0.1) is 0 Å². The van der Waals surface area contributed by atoms with E-state index < -0.39 is 0 Å². The summed E-state index contributed by atoms with van der Waals surface area (Å²) in [5, 5.41) is 3.41. The molecule has 0 amide bonds. The van der Waals surface area contributed by atoms with E-state index in [1.54, 1.807) is 0 Å². The van der Waals surface area contributed by atoms with E-state index in [1.165, 1.54) is 17.0 Å². The highest BCUT2D eigenvalue weighted by Crippen LogP contribution is 2.27. The van der Waals surface area contributed by atoms with Crippen LogP contribution in [0.1, 0.15) is 0 Å². The number of nitrogens with zero attached hydrogens (tertiary/aromatic N) is 5. The molecule has 26 heavy (non-hydrogen) atoms. The molecular weight excluding hydrogens is 366 g/mol. The maximum absolute atomic E-state index is 5.98. The molecule has 1 aliphatic heterocycles. The number of benzene rings is 1. The quantitative estimate of drug-likeness (QED) is 0.621. The molecule has 4 rings (SSSR count). The first-order chi connectivity index (χ1) is 12.7. The van der Waals surface area contributed by atoms with E-state index in [1.807, 2.05) is 29.6 Å². The SMILES string of the molecule is C=Nc1nc(-c2cccc(N3CCN(c4ccc(Cl)cc4)CC3)n2)cs1. The van der Waals surface area contributed by atoms with E-state index in [4.69, 9.17) is 16.6 Å². The number of hydrogen-bond donors (Lipinski definition) is 0. The van der Waals surface area contributed by atoms with Crippen LogP contribution in [-0.4, -0.2) is 42.9 Å². The number of pyridine rings is 1. The second-order valence-corrected chi connectivity index (χ2v) is 7.28. The summed E-state index contributed by atoms with van der Waals surface area (Å²) >= 11 is 7.46. The zero-order valence-electron chi connectivity index (χ0n) is 14.2. The van der Waals surface area contributed by atoms with Crippen LogP contribution in [0.15, 0.2) is 52.8 Å². The number of aliphatic imine (C=N–C) groups is 1. The first kappa shape index (κ1) is 17.0. The summed E-state index contributed by atoms with van der Waals surface area (Å²) in [4.78, 5) is 17.8. The predicted octanol–water partition coefficient (Wildman–Crippen LogP) is 4.52. The number of anilines is 2. The first-order valence-electron chi connectivity index (χ1n) is 8.38. The van der Waals surface area contributed by atoms with E-state index in [9.17, 15) is 0 Å². The summed E-state index contributed by atoms with van der Waals surface area (Å²) < 4.78 is 0. The van der Waals surface area contributed by atoms with Crippen LogP contribution < -0.4 is 9.80 Å². The van der Waals surface area contributed by atoms with Gasteiger partial charge in [0.1, 0.15) is 11.5 Å². The highest BCUT2D eigenvalue weighted by molar-refractivity contribution is 7.13. The summed E-state index contributed by atoms with van der Waals surface area (Å²) in [5.74, 6) is 0.986. The molecule has 0 bridgehead atoms. The molecule has 0 aliphatic carbocycles. The van der Waals surface area contributed by atoms with Crippen LogP contribution in [-0.2, 0) is 0 Å². The normalized spacial score (nSPS) is 14.5. The van der Waals surface area contributed by atoms with Gasteiger partial charge in [0.15, 0.2) is 0 Å². The molecule has 132 valence electrons. The molecule has 0 unspecified atom stereocenters. The van der Waals surface area contributed by atoms with Crippen LogP contribution in [0.25, 0.3) is 11.4 Å². The van der Waals surface area contributed by atoms with Crippen molar-refractivity contribution in [2.75, 3.05) is 36.0 Å². The highest BCUT2D eigenvalue weighted by atomic mass is 35.5. The fourth-order valence-electron chi connectivity index (χ4n) is 3.04. The second kappa shape index (κ2) is 7.43. The molecule has 1 aliphatic rings. The van der Waals surface area contributed by atoms with Crippen LogP contribution >= 0.6 is 22.9 Å². The van der Waals surface area contributed by atoms with Crippen molar-refractivity contribution in [2.45, 2.75) is 0 Å². The molecule has 2 aromatic heterocycles. The van der Waals surface area contributed by atoms with Crippen molar-refractivity contribution in [1.29, 1.82) is 0 Å². The zero-order valence-corrected chi connectivity index (χ0v) is 15.7. The van der Waals surface area contributed by atoms with Crippen molar-refractivity contribution in [3.63, 3.8) is 0 Å². The third-order valence-electron chi connectivity index (χ3n) is 4.42. The molecule has 3 aromatic rings. The lowest BCUT2D eigenvalue weighted by Gasteiger charge is -2.36. The fraction of sp³-hybridized carbons (Fsp3) is 0.211. The molecule has 1 fully saturated rings. The van der Waals surface area contributed by atoms with E-state index in [0.29, 0.717) is 5.13 Å². The average Bonchev–Trinajstić information content (AvgIpc) is 3.18. The summed E-state index contributed by atoms with van der Waals surface area (Å²) in [6, 6.07) is 14.1. The summed E-state index contributed by atoms with van der Waals surface area (Å²) in [6.07, 6.45) is 0. The molecule has 1 aromatic carbocycles. The van der Waals surface area contributed by atoms with Gasteiger partial charge in [0, 0.05) is 42.3 Å². The fourth-order valence-corrected chi connectivity index (χ4v) is 3.78. The van der Waals surface area contributed by atoms with Gasteiger partial charge in [-0.25, -0.2) is 15.0 Å². The van der Waals surface area contributed by atoms with Crippen molar-refractivity contribution >= 4 is 46.3 Å². The maximum Gasteiger partial charge on any atom is 0.209 e. The Hall–Kier alpha value is -2.44. The lowest BCUT2D eigenvalue weighted by molar-refractivity contribution is 0.648. The Balaban J connectivity index is 1.46. The van der Waals surface area contributed by atoms with Crippen LogP contribution in [0.5, 0.6) is 0 Å². The van der Waals surface area contributed by atoms with Gasteiger partial charge in [-0.3, -0.25) is 0 Å². The van der Waals surface area contributed by atoms with Gasteiger partial charge < -0.3 is 9.80 Å². The number of hydrogen-bond acceptors (Lipinski definition) is 6. The number of piperazine rings is 1. The largest absolute Gasteiger partial charge is 0.368 e. The standard InChI is InChI=1S/C19H18ClN5S/c1-21-19-23-17(13-26-19)16-3-2-4-18(22-16)25-11-9-24(10-12-25)15-7-5-14(20)6-8-15/h2-8,13H,1,9-12H2. The third kappa shape index (κ3) is 3.57. The topological polar surface area (TPSA) is 44.6 Å². The van der Waals surface area contributed by atoms with Crippen molar-refractivity contribution in [2.24, 2.45) is 4.99 Å². The van der Waals surface area contributed by atoms with E-state index in [-0.39, 0.29) is 0 Å². The van der Waals surface area contributed by atoms with Gasteiger partial charge >= 0.3 is 0 Å². The molecule has 3 heterocycles. The van der Waals surface area contributed by atoms with Gasteiger partial charge in [-0.05, 0) is 43.1 Å². The minimum atomic E-state index is 0.670. The average molecular weight is 384 g/mol. The molecule has 5 nitrogen and oxygen atoms in total. The van der Waals surface area contributed by atoms with E-state index in [2.05, 4.69) is 44.7 Å². The van der Waals surface area contributed by atoms with Gasteiger partial charge in [-0.15, -0.1) is 11.3 Å². The van der Waals surface area contributed by atoms with Crippen molar-refractivity contribution in [1.82, 2.24) is 9.97 Å². The third-order valence-corrected chi connectivity index (χ3v) is 5.44. The van der Waals surface area contributed by atoms with Crippen molar-refractivity contribution in [3.8, 4) is 11.4 Å². The number of thiazole rings is 1. The van der Waals surface area contributed by atoms with Crippen LogP contribution in [0.3, 0.4) is 0 Å². The molecule has 0 radical (unpaired) electrons. The Bertz CT molecular complexity index is 900. The predicted molar refractivity (Wildman–Crippen MR) is 110 cm³/mol. The maximum atomic E-state index is 5.98. The molecule has 1 saturated heterocycles. The van der Waals surface area contributed by atoms with E-state index >= 15 is 0 Å². The number of halogens is 1. The van der Waals surface area contributed by atoms with Gasteiger partial charge in [-0.1, -0.05) is 17.7 Å². The van der Waals surface area contributed by atoms with Gasteiger partial charge in [-0.2, -0.15) is 0 Å². The highest BCUT2D eigenvalue weighted by Gasteiger charge is 2.19. The van der Waals surface area contributed by atoms with Crippen molar-refractivity contribution in [3.05, 3.63) is 52.9 Å². The lowest BCUT2D eigenvalue weighted by atomic mass is 10.2. The Kier molecular flexibility index (Phi) is 4.86. The number of aromatic nitrogens is 2. The Morgan fingerprint density at radius 3 is 2.35 bits per heavy atom. The molecule has 0 N–H and O–H groups in total. The minimum Gasteiger partial charge on any atom is -0.368 e. The smallest absolute Gasteiger partial charge is 0.209 e. The zero-order chi connectivity index (χ0) is 17.9. The summed E-state index contributed by atoms with van der Waals surface area (Å²) in [5.41, 5.74) is 2.93. The molecular formula is C19H18ClN5S. The number of rotatable bonds is 4. The Labute approximate surface area is 161 Å². The molecule has 0 spiro atoms. The Morgan fingerprint density at radius 1 is 0.923 bits per heavy atom.